The van der Waals surface area contributed by atoms with Gasteiger partial charge < -0.3 is 25.0 Å². The summed E-state index contributed by atoms with van der Waals surface area (Å²) >= 11 is 0. The molecule has 2 heterocycles. The molecule has 2 aliphatic rings. The Kier molecular flexibility index (Phi) is 8.24. The summed E-state index contributed by atoms with van der Waals surface area (Å²) in [5.41, 5.74) is 3.68. The summed E-state index contributed by atoms with van der Waals surface area (Å²) in [6.07, 6.45) is 5.30. The second-order valence-electron chi connectivity index (χ2n) is 7.10. The average Bonchev–Trinajstić information content (AvgIpc) is 3.44. The van der Waals surface area contributed by atoms with Crippen molar-refractivity contribution in [2.24, 2.45) is 4.99 Å². The van der Waals surface area contributed by atoms with Gasteiger partial charge in [0.15, 0.2) is 17.5 Å². The molecule has 0 aromatic heterocycles. The van der Waals surface area contributed by atoms with Gasteiger partial charge in [0, 0.05) is 31.9 Å². The number of rotatable bonds is 7. The molecule has 2 N–H and O–H groups in total. The Morgan fingerprint density at radius 3 is 2.47 bits per heavy atom. The number of guanidine groups is 1. The van der Waals surface area contributed by atoms with Crippen LogP contribution in [0.2, 0.25) is 0 Å². The first-order chi connectivity index (χ1) is 14.3. The van der Waals surface area contributed by atoms with Crippen LogP contribution in [0, 0.1) is 0 Å². The number of nitrogens with one attached hydrogen (secondary N) is 2. The Morgan fingerprint density at radius 2 is 1.70 bits per heavy atom. The maximum Gasteiger partial charge on any atom is 0.231 e. The number of hydrogen-bond acceptors (Lipinski definition) is 4. The molecule has 0 atom stereocenters. The average molecular weight is 520 g/mol. The van der Waals surface area contributed by atoms with E-state index in [2.05, 4.69) is 64.9 Å². The summed E-state index contributed by atoms with van der Waals surface area (Å²) < 4.78 is 10.8. The van der Waals surface area contributed by atoms with E-state index in [9.17, 15) is 0 Å². The van der Waals surface area contributed by atoms with Gasteiger partial charge >= 0.3 is 0 Å². The molecule has 160 valence electrons. The molecule has 0 saturated heterocycles. The van der Waals surface area contributed by atoms with Crippen molar-refractivity contribution in [3.8, 4) is 11.5 Å². The molecule has 6 nitrogen and oxygen atoms in total. The fourth-order valence-electron chi connectivity index (χ4n) is 3.43. The largest absolute Gasteiger partial charge is 0.454 e. The molecule has 0 fully saturated rings. The molecule has 7 heteroatoms. The van der Waals surface area contributed by atoms with Gasteiger partial charge in [0.05, 0.1) is 6.54 Å². The lowest BCUT2D eigenvalue weighted by Gasteiger charge is -2.17. The predicted molar refractivity (Wildman–Crippen MR) is 132 cm³/mol. The number of nitrogens with zero attached hydrogens (tertiary/aromatic N) is 2. The molecule has 0 bridgehead atoms. The van der Waals surface area contributed by atoms with Crippen LogP contribution in [0.4, 0.5) is 5.69 Å². The van der Waals surface area contributed by atoms with Crippen LogP contribution in [0.3, 0.4) is 0 Å². The van der Waals surface area contributed by atoms with Crippen molar-refractivity contribution < 1.29 is 9.47 Å². The zero-order chi connectivity index (χ0) is 19.9. The highest BCUT2D eigenvalue weighted by Crippen LogP contribution is 2.32. The van der Waals surface area contributed by atoms with Crippen molar-refractivity contribution in [3.05, 3.63) is 65.7 Å². The van der Waals surface area contributed by atoms with E-state index in [4.69, 9.17) is 14.5 Å². The molecule has 2 aliphatic heterocycles. The monoisotopic (exact) mass is 520 g/mol. The SMILES string of the molecule is CCNC(=NCc1ccc(N2CC=CC2)cc1)NCCc1ccc2c(c1)OCO2.I. The fourth-order valence-corrected chi connectivity index (χ4v) is 3.43. The van der Waals surface area contributed by atoms with Gasteiger partial charge in [-0.05, 0) is 48.7 Å². The predicted octanol–water partition coefficient (Wildman–Crippen LogP) is 3.71. The summed E-state index contributed by atoms with van der Waals surface area (Å²) in [7, 11) is 0. The molecular formula is C23H29IN4O2. The van der Waals surface area contributed by atoms with Crippen molar-refractivity contribution in [3.63, 3.8) is 0 Å². The Labute approximate surface area is 195 Å². The first kappa shape index (κ1) is 22.3. The number of benzene rings is 2. The maximum atomic E-state index is 5.45. The third-order valence-corrected chi connectivity index (χ3v) is 5.03. The Hall–Kier alpha value is -2.42. The number of halogens is 1. The van der Waals surface area contributed by atoms with Gasteiger partial charge in [0.25, 0.3) is 0 Å². The van der Waals surface area contributed by atoms with Crippen LogP contribution >= 0.6 is 24.0 Å². The normalized spacial score (nSPS) is 14.6. The van der Waals surface area contributed by atoms with E-state index in [1.807, 2.05) is 12.1 Å². The topological polar surface area (TPSA) is 58.1 Å². The van der Waals surface area contributed by atoms with E-state index in [1.165, 1.54) is 16.8 Å². The first-order valence-corrected chi connectivity index (χ1v) is 10.2. The van der Waals surface area contributed by atoms with Gasteiger partial charge in [-0.3, -0.25) is 0 Å². The van der Waals surface area contributed by atoms with Crippen molar-refractivity contribution in [1.29, 1.82) is 0 Å². The van der Waals surface area contributed by atoms with Gasteiger partial charge in [0.2, 0.25) is 6.79 Å². The second-order valence-corrected chi connectivity index (χ2v) is 7.10. The van der Waals surface area contributed by atoms with Gasteiger partial charge in [0.1, 0.15) is 0 Å². The first-order valence-electron chi connectivity index (χ1n) is 10.2. The summed E-state index contributed by atoms with van der Waals surface area (Å²) in [6, 6.07) is 14.8. The highest BCUT2D eigenvalue weighted by molar-refractivity contribution is 14.0. The van der Waals surface area contributed by atoms with E-state index >= 15 is 0 Å². The smallest absolute Gasteiger partial charge is 0.231 e. The maximum absolute atomic E-state index is 5.45. The summed E-state index contributed by atoms with van der Waals surface area (Å²) in [5.74, 6) is 2.49. The van der Waals surface area contributed by atoms with Crippen LogP contribution in [-0.2, 0) is 13.0 Å². The summed E-state index contributed by atoms with van der Waals surface area (Å²) in [5, 5.41) is 6.73. The molecule has 0 aliphatic carbocycles. The Balaban J connectivity index is 0.00000256. The van der Waals surface area contributed by atoms with E-state index in [0.717, 1.165) is 50.1 Å². The van der Waals surface area contributed by atoms with Crippen LogP contribution in [0.25, 0.3) is 0 Å². The summed E-state index contributed by atoms with van der Waals surface area (Å²) in [6.45, 7) is 6.66. The number of ether oxygens (including phenoxy) is 2. The molecule has 0 saturated carbocycles. The van der Waals surface area contributed by atoms with Crippen LogP contribution in [0.15, 0.2) is 59.6 Å². The highest BCUT2D eigenvalue weighted by Gasteiger charge is 2.13. The number of fused-ring (bicyclic) bond motifs is 1. The molecule has 0 radical (unpaired) electrons. The molecule has 30 heavy (non-hydrogen) atoms. The lowest BCUT2D eigenvalue weighted by molar-refractivity contribution is 0.174. The lowest BCUT2D eigenvalue weighted by atomic mass is 10.1. The van der Waals surface area contributed by atoms with Crippen molar-refractivity contribution in [2.75, 3.05) is 37.9 Å². The molecule has 4 rings (SSSR count). The Bertz CT molecular complexity index is 875. The molecule has 0 unspecified atom stereocenters. The molecular weight excluding hydrogens is 491 g/mol. The van der Waals surface area contributed by atoms with Gasteiger partial charge in [-0.25, -0.2) is 4.99 Å². The van der Waals surface area contributed by atoms with Crippen molar-refractivity contribution >= 4 is 35.6 Å². The lowest BCUT2D eigenvalue weighted by Crippen LogP contribution is -2.38. The van der Waals surface area contributed by atoms with E-state index in [0.29, 0.717) is 13.3 Å². The summed E-state index contributed by atoms with van der Waals surface area (Å²) in [4.78, 5) is 7.07. The van der Waals surface area contributed by atoms with E-state index < -0.39 is 0 Å². The van der Waals surface area contributed by atoms with Gasteiger partial charge in [-0.15, -0.1) is 24.0 Å². The third-order valence-electron chi connectivity index (χ3n) is 5.03. The minimum atomic E-state index is 0. The minimum absolute atomic E-state index is 0. The molecule has 2 aromatic carbocycles. The number of hydrogen-bond donors (Lipinski definition) is 2. The third kappa shape index (κ3) is 5.81. The second kappa shape index (κ2) is 11.1. The van der Waals surface area contributed by atoms with Gasteiger partial charge in [-0.2, -0.15) is 0 Å². The zero-order valence-electron chi connectivity index (χ0n) is 17.3. The van der Waals surface area contributed by atoms with Crippen molar-refractivity contribution in [1.82, 2.24) is 10.6 Å². The molecule has 0 spiro atoms. The fraction of sp³-hybridized carbons (Fsp3) is 0.348. The van der Waals surface area contributed by atoms with E-state index in [1.54, 1.807) is 0 Å². The molecule has 0 amide bonds. The molecule has 2 aromatic rings. The van der Waals surface area contributed by atoms with Crippen LogP contribution in [0.5, 0.6) is 11.5 Å². The number of anilines is 1. The highest BCUT2D eigenvalue weighted by atomic mass is 127. The van der Waals surface area contributed by atoms with Crippen LogP contribution in [-0.4, -0.2) is 38.9 Å². The van der Waals surface area contributed by atoms with Crippen LogP contribution in [0.1, 0.15) is 18.1 Å². The van der Waals surface area contributed by atoms with Gasteiger partial charge in [-0.1, -0.05) is 30.4 Å². The van der Waals surface area contributed by atoms with Crippen LogP contribution < -0.4 is 25.0 Å². The zero-order valence-corrected chi connectivity index (χ0v) is 19.6. The van der Waals surface area contributed by atoms with E-state index in [-0.39, 0.29) is 24.0 Å². The van der Waals surface area contributed by atoms with Crippen molar-refractivity contribution in [2.45, 2.75) is 19.9 Å². The quantitative estimate of drug-likeness (QED) is 0.253. The Morgan fingerprint density at radius 1 is 0.967 bits per heavy atom. The standard InChI is InChI=1S/C23H28N4O2.HI/c1-2-24-23(25-12-11-18-7-10-21-22(15-18)29-17-28-21)26-16-19-5-8-20(9-6-19)27-13-3-4-14-27;/h3-10,15H,2,11-14,16-17H2,1H3,(H2,24,25,26);1H. The number of aliphatic imine (C=N–C) groups is 1. The minimum Gasteiger partial charge on any atom is -0.454 e.